The van der Waals surface area contributed by atoms with E-state index in [0.29, 0.717) is 0 Å². The van der Waals surface area contributed by atoms with Crippen LogP contribution in [-0.2, 0) is 9.59 Å². The van der Waals surface area contributed by atoms with Gasteiger partial charge in [0, 0.05) is 7.79 Å². The van der Waals surface area contributed by atoms with Crippen LogP contribution >= 0.6 is 0 Å². The Bertz CT molecular complexity index is 132. The van der Waals surface area contributed by atoms with Crippen molar-refractivity contribution < 1.29 is 16.1 Å². The fraction of sp³-hybridized carbons (Fsp3) is 0.600. The third-order valence-corrected chi connectivity index (χ3v) is 0.564. The number of carboxylic acid groups (broad SMARTS) is 1. The van der Waals surface area contributed by atoms with Gasteiger partial charge in [-0.3, -0.25) is 4.79 Å². The number of hydrogen-bond donors (Lipinski definition) is 1. The summed E-state index contributed by atoms with van der Waals surface area (Å²) in [7, 11) is 0. The van der Waals surface area contributed by atoms with Crippen molar-refractivity contribution in [3.05, 3.63) is 0 Å². The quantitative estimate of drug-likeness (QED) is 0.583. The maximum absolute atomic E-state index is 10.2. The molecule has 0 amide bonds. The lowest BCUT2D eigenvalue weighted by molar-refractivity contribution is -0.138. The minimum atomic E-state index is -1.29. The summed E-state index contributed by atoms with van der Waals surface area (Å²) in [5.41, 5.74) is 0. The molecule has 0 aliphatic rings. The van der Waals surface area contributed by atoms with E-state index in [2.05, 4.69) is 0 Å². The second-order valence-corrected chi connectivity index (χ2v) is 1.45. The van der Waals surface area contributed by atoms with Crippen LogP contribution in [0.15, 0.2) is 0 Å². The summed E-state index contributed by atoms with van der Waals surface area (Å²) in [4.78, 5) is 20.1. The van der Waals surface area contributed by atoms with Gasteiger partial charge in [0.2, 0.25) is 0 Å². The van der Waals surface area contributed by atoms with Crippen molar-refractivity contribution in [2.75, 3.05) is 0 Å². The minimum Gasteiger partial charge on any atom is -0.481 e. The summed E-state index contributed by atoms with van der Waals surface area (Å²) in [5, 5.41) is 8.09. The van der Waals surface area contributed by atoms with E-state index in [1.165, 1.54) is 6.92 Å². The third kappa shape index (κ3) is 5.14. The number of aliphatic carboxylic acids is 1. The zero-order valence-electron chi connectivity index (χ0n) is 5.55. The zero-order chi connectivity index (χ0) is 7.44. The van der Waals surface area contributed by atoms with Crippen LogP contribution in [0, 0.1) is 0 Å². The molecule has 0 unspecified atom stereocenters. The molecule has 0 fully saturated rings. The number of Topliss-reactive ketones (excluding diaryl/α,β-unsaturated/α-hetero) is 1. The average Bonchev–Trinajstić information content (AvgIpc) is 1.63. The Hall–Kier alpha value is -0.860. The summed E-state index contributed by atoms with van der Waals surface area (Å²) in [6.07, 6.45) is -1.49. The van der Waals surface area contributed by atoms with Gasteiger partial charge in [-0.05, 0) is 6.92 Å². The first-order valence-corrected chi connectivity index (χ1v) is 2.18. The van der Waals surface area contributed by atoms with Gasteiger partial charge in [0.25, 0.3) is 0 Å². The zero-order valence-corrected chi connectivity index (χ0v) is 4.55. The summed E-state index contributed by atoms with van der Waals surface area (Å²) >= 11 is 0. The van der Waals surface area contributed by atoms with E-state index in [-0.39, 0.29) is 12.2 Å². The standard InChI is InChI=1S/C5H8O3/c1-4(6)2-3-5(7)8/h2-3H2,1H3,(H,7,8)/i3D/t3-/m0/s1. The maximum Gasteiger partial charge on any atom is 0.303 e. The van der Waals surface area contributed by atoms with Crippen LogP contribution in [0.4, 0.5) is 0 Å². The molecule has 1 N–H and O–H groups in total. The van der Waals surface area contributed by atoms with Crippen LogP contribution in [0.5, 0.6) is 0 Å². The molecule has 0 bridgehead atoms. The SMILES string of the molecule is [2H][C@@H](CC(C)=O)C(=O)O. The number of carboxylic acids is 1. The van der Waals surface area contributed by atoms with Gasteiger partial charge in [0.15, 0.2) is 0 Å². The third-order valence-electron chi connectivity index (χ3n) is 0.564. The summed E-state index contributed by atoms with van der Waals surface area (Å²) < 4.78 is 6.74. The van der Waals surface area contributed by atoms with Crippen LogP contribution < -0.4 is 0 Å². The first-order valence-electron chi connectivity index (χ1n) is 2.76. The second-order valence-electron chi connectivity index (χ2n) is 1.45. The molecule has 46 valence electrons. The Labute approximate surface area is 48.7 Å². The van der Waals surface area contributed by atoms with Gasteiger partial charge in [0.1, 0.15) is 5.78 Å². The molecular formula is C5H8O3. The van der Waals surface area contributed by atoms with E-state index >= 15 is 0 Å². The highest BCUT2D eigenvalue weighted by Crippen LogP contribution is 1.87. The van der Waals surface area contributed by atoms with E-state index in [1.54, 1.807) is 0 Å². The average molecular weight is 117 g/mol. The Kier molecular flexibility index (Phi) is 2.10. The Morgan fingerprint density at radius 1 is 1.75 bits per heavy atom. The number of ketones is 1. The molecule has 0 radical (unpaired) electrons. The summed E-state index contributed by atoms with van der Waals surface area (Å²) in [5.74, 6) is -1.51. The number of carbonyl (C=O) groups excluding carboxylic acids is 1. The van der Waals surface area contributed by atoms with Crippen LogP contribution in [0.1, 0.15) is 21.1 Å². The highest BCUT2D eigenvalue weighted by Gasteiger charge is 1.97. The normalized spacial score (nSPS) is 14.4. The first kappa shape index (κ1) is 5.28. The maximum atomic E-state index is 10.2. The Morgan fingerprint density at radius 3 is 2.38 bits per heavy atom. The molecule has 1 atom stereocenters. The van der Waals surface area contributed by atoms with Gasteiger partial charge >= 0.3 is 5.97 Å². The highest BCUT2D eigenvalue weighted by atomic mass is 16.4. The predicted molar refractivity (Wildman–Crippen MR) is 27.6 cm³/mol. The van der Waals surface area contributed by atoms with E-state index in [9.17, 15) is 9.59 Å². The summed E-state index contributed by atoms with van der Waals surface area (Å²) in [6, 6.07) is 0. The monoisotopic (exact) mass is 117 g/mol. The van der Waals surface area contributed by atoms with E-state index in [0.717, 1.165) is 0 Å². The Morgan fingerprint density at radius 2 is 2.25 bits per heavy atom. The van der Waals surface area contributed by atoms with Crippen molar-refractivity contribution in [2.24, 2.45) is 0 Å². The molecule has 8 heavy (non-hydrogen) atoms. The lowest BCUT2D eigenvalue weighted by atomic mass is 10.2. The Balaban J connectivity index is 3.63. The molecule has 0 saturated carbocycles. The first-order chi connectivity index (χ1) is 4.04. The van der Waals surface area contributed by atoms with Crippen molar-refractivity contribution in [1.29, 1.82) is 0 Å². The van der Waals surface area contributed by atoms with Crippen molar-refractivity contribution in [1.82, 2.24) is 0 Å². The number of carbonyl (C=O) groups is 2. The molecule has 0 aromatic carbocycles. The molecule has 0 saturated heterocycles. The van der Waals surface area contributed by atoms with Crippen molar-refractivity contribution in [3.63, 3.8) is 0 Å². The summed E-state index contributed by atoms with van der Waals surface area (Å²) in [6.45, 7) is 1.27. The molecule has 3 nitrogen and oxygen atoms in total. The lowest BCUT2D eigenvalue weighted by Crippen LogP contribution is -1.98. The number of rotatable bonds is 3. The fourth-order valence-corrected chi connectivity index (χ4v) is 0.231. The topological polar surface area (TPSA) is 54.4 Å². The molecule has 0 rings (SSSR count). The second kappa shape index (κ2) is 3.18. The largest absolute Gasteiger partial charge is 0.481 e. The van der Waals surface area contributed by atoms with Crippen LogP contribution in [0.2, 0.25) is 0 Å². The predicted octanol–water partition coefficient (Wildman–Crippen LogP) is 0.440. The van der Waals surface area contributed by atoms with Crippen LogP contribution in [0.25, 0.3) is 0 Å². The van der Waals surface area contributed by atoms with Gasteiger partial charge in [0.05, 0.1) is 6.40 Å². The van der Waals surface area contributed by atoms with Gasteiger partial charge in [-0.1, -0.05) is 0 Å². The van der Waals surface area contributed by atoms with Gasteiger partial charge in [-0.25, -0.2) is 0 Å². The van der Waals surface area contributed by atoms with Gasteiger partial charge < -0.3 is 9.90 Å². The van der Waals surface area contributed by atoms with E-state index < -0.39 is 12.4 Å². The lowest BCUT2D eigenvalue weighted by Gasteiger charge is -1.86. The van der Waals surface area contributed by atoms with Gasteiger partial charge in [-0.2, -0.15) is 0 Å². The molecule has 0 aromatic heterocycles. The molecular weight excluding hydrogens is 108 g/mol. The van der Waals surface area contributed by atoms with E-state index in [4.69, 9.17) is 6.48 Å². The molecule has 3 heteroatoms. The smallest absolute Gasteiger partial charge is 0.303 e. The highest BCUT2D eigenvalue weighted by molar-refractivity contribution is 5.80. The van der Waals surface area contributed by atoms with Gasteiger partial charge in [-0.15, -0.1) is 0 Å². The van der Waals surface area contributed by atoms with Crippen molar-refractivity contribution >= 4 is 11.8 Å². The molecule has 0 aliphatic heterocycles. The number of hydrogen-bond acceptors (Lipinski definition) is 2. The molecule has 0 aliphatic carbocycles. The minimum absolute atomic E-state index is 0.199. The van der Waals surface area contributed by atoms with Crippen molar-refractivity contribution in [3.8, 4) is 0 Å². The van der Waals surface area contributed by atoms with E-state index in [1.807, 2.05) is 0 Å². The van der Waals surface area contributed by atoms with Crippen LogP contribution in [0.3, 0.4) is 0 Å². The van der Waals surface area contributed by atoms with Crippen LogP contribution in [-0.4, -0.2) is 16.9 Å². The molecule has 0 heterocycles. The molecule has 0 aromatic rings. The van der Waals surface area contributed by atoms with Crippen molar-refractivity contribution in [2.45, 2.75) is 19.7 Å². The fourth-order valence-electron chi connectivity index (χ4n) is 0.231. The molecule has 0 spiro atoms.